The van der Waals surface area contributed by atoms with Crippen LogP contribution >= 0.6 is 0 Å². The number of para-hydroxylation sites is 2. The summed E-state index contributed by atoms with van der Waals surface area (Å²) in [4.78, 5) is 11.2. The third-order valence-electron chi connectivity index (χ3n) is 2.97. The fourth-order valence-corrected chi connectivity index (χ4v) is 1.93. The molecule has 98 valence electrons. The molecule has 0 saturated heterocycles. The number of hydrogen-bond acceptors (Lipinski definition) is 2. The molecule has 0 bridgehead atoms. The van der Waals surface area contributed by atoms with E-state index in [1.807, 2.05) is 36.4 Å². The molecule has 0 aliphatic rings. The average Bonchev–Trinajstić information content (AvgIpc) is 2.39. The van der Waals surface area contributed by atoms with Crippen LogP contribution in [0.25, 0.3) is 0 Å². The van der Waals surface area contributed by atoms with Crippen molar-refractivity contribution in [3.63, 3.8) is 0 Å². The number of amides is 1. The highest BCUT2D eigenvalue weighted by atomic mass is 16.1. The van der Waals surface area contributed by atoms with Gasteiger partial charge >= 0.3 is 0 Å². The quantitative estimate of drug-likeness (QED) is 0.875. The van der Waals surface area contributed by atoms with Gasteiger partial charge in [-0.25, -0.2) is 0 Å². The molecule has 0 radical (unpaired) electrons. The summed E-state index contributed by atoms with van der Waals surface area (Å²) in [7, 11) is 0. The Labute approximate surface area is 113 Å². The van der Waals surface area contributed by atoms with Gasteiger partial charge in [0, 0.05) is 13.5 Å². The average molecular weight is 254 g/mol. The minimum Gasteiger partial charge on any atom is -0.379 e. The van der Waals surface area contributed by atoms with Gasteiger partial charge in [-0.3, -0.25) is 4.79 Å². The SMILES string of the molecule is CC(=O)Nc1ccccc1NCc1ccccc1C. The molecule has 0 aliphatic heterocycles. The highest BCUT2D eigenvalue weighted by Gasteiger charge is 2.03. The van der Waals surface area contributed by atoms with Crippen LogP contribution in [0, 0.1) is 6.92 Å². The second kappa shape index (κ2) is 6.05. The minimum atomic E-state index is -0.0647. The van der Waals surface area contributed by atoms with E-state index < -0.39 is 0 Å². The van der Waals surface area contributed by atoms with Gasteiger partial charge in [-0.15, -0.1) is 0 Å². The molecule has 0 spiro atoms. The predicted molar refractivity (Wildman–Crippen MR) is 79.3 cm³/mol. The molecule has 0 aromatic heterocycles. The number of carbonyl (C=O) groups excluding carboxylic acids is 1. The summed E-state index contributed by atoms with van der Waals surface area (Å²) in [6.07, 6.45) is 0. The van der Waals surface area contributed by atoms with Crippen LogP contribution in [0.1, 0.15) is 18.1 Å². The minimum absolute atomic E-state index is 0.0647. The molecule has 2 rings (SSSR count). The molecule has 2 N–H and O–H groups in total. The van der Waals surface area contributed by atoms with Crippen LogP contribution < -0.4 is 10.6 Å². The lowest BCUT2D eigenvalue weighted by Crippen LogP contribution is -2.09. The van der Waals surface area contributed by atoms with Crippen LogP contribution in [-0.4, -0.2) is 5.91 Å². The van der Waals surface area contributed by atoms with Crippen molar-refractivity contribution in [2.75, 3.05) is 10.6 Å². The van der Waals surface area contributed by atoms with Crippen LogP contribution in [0.15, 0.2) is 48.5 Å². The fourth-order valence-electron chi connectivity index (χ4n) is 1.93. The Balaban J connectivity index is 2.11. The normalized spacial score (nSPS) is 10.0. The largest absolute Gasteiger partial charge is 0.379 e. The first-order valence-electron chi connectivity index (χ1n) is 6.32. The zero-order valence-corrected chi connectivity index (χ0v) is 11.2. The number of rotatable bonds is 4. The summed E-state index contributed by atoms with van der Waals surface area (Å²) in [5, 5.41) is 6.18. The fraction of sp³-hybridized carbons (Fsp3) is 0.188. The van der Waals surface area contributed by atoms with Crippen LogP contribution in [0.3, 0.4) is 0 Å². The third kappa shape index (κ3) is 3.58. The monoisotopic (exact) mass is 254 g/mol. The summed E-state index contributed by atoms with van der Waals surface area (Å²) in [6, 6.07) is 16.0. The zero-order valence-electron chi connectivity index (χ0n) is 11.2. The molecular formula is C16H18N2O. The molecule has 0 unspecified atom stereocenters. The smallest absolute Gasteiger partial charge is 0.221 e. The van der Waals surface area contributed by atoms with Crippen molar-refractivity contribution in [2.45, 2.75) is 20.4 Å². The lowest BCUT2D eigenvalue weighted by molar-refractivity contribution is -0.114. The van der Waals surface area contributed by atoms with Crippen molar-refractivity contribution in [3.8, 4) is 0 Å². The van der Waals surface area contributed by atoms with Gasteiger partial charge in [0.2, 0.25) is 5.91 Å². The molecule has 1 amide bonds. The number of nitrogens with one attached hydrogen (secondary N) is 2. The molecule has 0 atom stereocenters. The molecule has 3 nitrogen and oxygen atoms in total. The van der Waals surface area contributed by atoms with E-state index in [9.17, 15) is 4.79 Å². The molecule has 3 heteroatoms. The summed E-state index contributed by atoms with van der Waals surface area (Å²) in [5.74, 6) is -0.0647. The summed E-state index contributed by atoms with van der Waals surface area (Å²) in [5.41, 5.74) is 4.25. The molecule has 2 aromatic carbocycles. The van der Waals surface area contributed by atoms with Crippen molar-refractivity contribution in [1.29, 1.82) is 0 Å². The zero-order chi connectivity index (χ0) is 13.7. The van der Waals surface area contributed by atoms with Crippen molar-refractivity contribution in [3.05, 3.63) is 59.7 Å². The van der Waals surface area contributed by atoms with Gasteiger partial charge in [0.15, 0.2) is 0 Å². The Morgan fingerprint density at radius 2 is 1.63 bits per heavy atom. The van der Waals surface area contributed by atoms with Crippen LogP contribution in [0.4, 0.5) is 11.4 Å². The van der Waals surface area contributed by atoms with Gasteiger partial charge in [0.05, 0.1) is 11.4 Å². The van der Waals surface area contributed by atoms with Gasteiger partial charge in [-0.05, 0) is 30.2 Å². The Hall–Kier alpha value is -2.29. The second-order valence-corrected chi connectivity index (χ2v) is 4.51. The maximum absolute atomic E-state index is 11.2. The summed E-state index contributed by atoms with van der Waals surface area (Å²) < 4.78 is 0. The number of aryl methyl sites for hydroxylation is 1. The number of anilines is 2. The van der Waals surface area contributed by atoms with Crippen molar-refractivity contribution < 1.29 is 4.79 Å². The second-order valence-electron chi connectivity index (χ2n) is 4.51. The highest BCUT2D eigenvalue weighted by molar-refractivity contribution is 5.92. The number of benzene rings is 2. The molecular weight excluding hydrogens is 236 g/mol. The summed E-state index contributed by atoms with van der Waals surface area (Å²) in [6.45, 7) is 4.35. The predicted octanol–water partition coefficient (Wildman–Crippen LogP) is 3.57. The molecule has 19 heavy (non-hydrogen) atoms. The molecule has 0 fully saturated rings. The highest BCUT2D eigenvalue weighted by Crippen LogP contribution is 2.22. The Morgan fingerprint density at radius 1 is 1.00 bits per heavy atom. The number of carbonyl (C=O) groups is 1. The number of hydrogen-bond donors (Lipinski definition) is 2. The lowest BCUT2D eigenvalue weighted by atomic mass is 10.1. The van der Waals surface area contributed by atoms with Gasteiger partial charge in [0.1, 0.15) is 0 Å². The van der Waals surface area contributed by atoms with Gasteiger partial charge < -0.3 is 10.6 Å². The van der Waals surface area contributed by atoms with Gasteiger partial charge in [-0.1, -0.05) is 36.4 Å². The first-order valence-corrected chi connectivity index (χ1v) is 6.32. The van der Waals surface area contributed by atoms with Crippen molar-refractivity contribution >= 4 is 17.3 Å². The molecule has 2 aromatic rings. The first-order chi connectivity index (χ1) is 9.16. The summed E-state index contributed by atoms with van der Waals surface area (Å²) >= 11 is 0. The lowest BCUT2D eigenvalue weighted by Gasteiger charge is -2.13. The molecule has 0 saturated carbocycles. The van der Waals surface area contributed by atoms with E-state index in [4.69, 9.17) is 0 Å². The van der Waals surface area contributed by atoms with Gasteiger partial charge in [0.25, 0.3) is 0 Å². The van der Waals surface area contributed by atoms with E-state index in [0.717, 1.165) is 17.9 Å². The van der Waals surface area contributed by atoms with Crippen LogP contribution in [0.2, 0.25) is 0 Å². The van der Waals surface area contributed by atoms with E-state index in [1.165, 1.54) is 18.1 Å². The Bertz CT molecular complexity index is 578. The van der Waals surface area contributed by atoms with Crippen molar-refractivity contribution in [2.24, 2.45) is 0 Å². The Morgan fingerprint density at radius 3 is 2.32 bits per heavy atom. The van der Waals surface area contributed by atoms with Crippen LogP contribution in [0.5, 0.6) is 0 Å². The van der Waals surface area contributed by atoms with E-state index in [0.29, 0.717) is 0 Å². The Kier molecular flexibility index (Phi) is 4.18. The molecule has 0 aliphatic carbocycles. The van der Waals surface area contributed by atoms with E-state index in [2.05, 4.69) is 29.7 Å². The first kappa shape index (κ1) is 13.1. The topological polar surface area (TPSA) is 41.1 Å². The maximum atomic E-state index is 11.2. The van der Waals surface area contributed by atoms with E-state index in [1.54, 1.807) is 0 Å². The molecule has 0 heterocycles. The maximum Gasteiger partial charge on any atom is 0.221 e. The third-order valence-corrected chi connectivity index (χ3v) is 2.97. The van der Waals surface area contributed by atoms with Gasteiger partial charge in [-0.2, -0.15) is 0 Å². The standard InChI is InChI=1S/C16H18N2O/c1-12-7-3-4-8-14(12)11-17-15-9-5-6-10-16(15)18-13(2)19/h3-10,17H,11H2,1-2H3,(H,18,19). The van der Waals surface area contributed by atoms with E-state index in [-0.39, 0.29) is 5.91 Å². The van der Waals surface area contributed by atoms with Crippen molar-refractivity contribution in [1.82, 2.24) is 0 Å². The van der Waals surface area contributed by atoms with Crippen LogP contribution in [-0.2, 0) is 11.3 Å². The van der Waals surface area contributed by atoms with E-state index >= 15 is 0 Å².